The van der Waals surface area contributed by atoms with E-state index in [0.29, 0.717) is 6.61 Å². The van der Waals surface area contributed by atoms with Crippen LogP contribution in [0.4, 0.5) is 0 Å². The van der Waals surface area contributed by atoms with Gasteiger partial charge in [-0.1, -0.05) is 66.7 Å². The highest BCUT2D eigenvalue weighted by molar-refractivity contribution is 5.88. The average Bonchev–Trinajstić information content (AvgIpc) is 2.53. The molecule has 0 aliphatic carbocycles. The predicted molar refractivity (Wildman–Crippen MR) is 87.5 cm³/mol. The Labute approximate surface area is 125 Å². The lowest BCUT2D eigenvalue weighted by Crippen LogP contribution is -1.98. The number of hydrogen-bond acceptors (Lipinski definition) is 2. The third-order valence-electron chi connectivity index (χ3n) is 2.94. The minimum absolute atomic E-state index is 0.320. The summed E-state index contributed by atoms with van der Waals surface area (Å²) in [5.41, 5.74) is 3.18. The van der Waals surface area contributed by atoms with Crippen molar-refractivity contribution in [2.45, 2.75) is 6.92 Å². The first-order valence-electron chi connectivity index (χ1n) is 6.96. The van der Waals surface area contributed by atoms with E-state index in [1.54, 1.807) is 13.0 Å². The van der Waals surface area contributed by atoms with Crippen LogP contribution in [0, 0.1) is 0 Å². The van der Waals surface area contributed by atoms with Crippen LogP contribution in [0.15, 0.2) is 60.7 Å². The maximum atomic E-state index is 11.4. The molecule has 0 fully saturated rings. The Morgan fingerprint density at radius 2 is 1.52 bits per heavy atom. The summed E-state index contributed by atoms with van der Waals surface area (Å²) in [5.74, 6) is -0.320. The molecule has 2 rings (SSSR count). The van der Waals surface area contributed by atoms with Crippen molar-refractivity contribution in [3.8, 4) is 0 Å². The van der Waals surface area contributed by atoms with Crippen LogP contribution in [0.25, 0.3) is 18.2 Å². The lowest BCUT2D eigenvalue weighted by molar-refractivity contribution is -0.137. The van der Waals surface area contributed by atoms with Gasteiger partial charge in [0.1, 0.15) is 0 Å². The van der Waals surface area contributed by atoms with E-state index in [-0.39, 0.29) is 5.97 Å². The molecule has 0 atom stereocenters. The standard InChI is InChI=1S/C19H18O2/c1-2-21-19(20)15-14-18-11-7-6-10-17(18)13-12-16-8-4-3-5-9-16/h3-15H,2H2,1H3/b13-12+,15-14+. The van der Waals surface area contributed by atoms with Crippen LogP contribution in [0.5, 0.6) is 0 Å². The number of carbonyl (C=O) groups is 1. The molecular weight excluding hydrogens is 260 g/mol. The lowest BCUT2D eigenvalue weighted by atomic mass is 10.1. The Bertz CT molecular complexity index is 640. The molecule has 0 heterocycles. The molecule has 2 heteroatoms. The Hall–Kier alpha value is -2.61. The largest absolute Gasteiger partial charge is 0.463 e. The molecule has 0 amide bonds. The van der Waals surface area contributed by atoms with Crippen molar-refractivity contribution in [2.24, 2.45) is 0 Å². The summed E-state index contributed by atoms with van der Waals surface area (Å²) >= 11 is 0. The molecule has 0 radical (unpaired) electrons. The van der Waals surface area contributed by atoms with E-state index >= 15 is 0 Å². The van der Waals surface area contributed by atoms with Crippen LogP contribution >= 0.6 is 0 Å². The maximum absolute atomic E-state index is 11.4. The molecule has 2 nitrogen and oxygen atoms in total. The van der Waals surface area contributed by atoms with E-state index in [1.807, 2.05) is 60.7 Å². The molecule has 21 heavy (non-hydrogen) atoms. The number of esters is 1. The molecular formula is C19H18O2. The van der Waals surface area contributed by atoms with E-state index in [2.05, 4.69) is 6.08 Å². The van der Waals surface area contributed by atoms with Crippen molar-refractivity contribution in [1.29, 1.82) is 0 Å². The van der Waals surface area contributed by atoms with Crippen molar-refractivity contribution in [1.82, 2.24) is 0 Å². The first-order valence-corrected chi connectivity index (χ1v) is 6.96. The predicted octanol–water partition coefficient (Wildman–Crippen LogP) is 4.43. The maximum Gasteiger partial charge on any atom is 0.330 e. The zero-order valence-corrected chi connectivity index (χ0v) is 12.0. The monoisotopic (exact) mass is 278 g/mol. The molecule has 0 aliphatic rings. The van der Waals surface area contributed by atoms with Crippen molar-refractivity contribution < 1.29 is 9.53 Å². The molecule has 0 aliphatic heterocycles. The molecule has 0 saturated heterocycles. The van der Waals surface area contributed by atoms with Crippen molar-refractivity contribution >= 4 is 24.2 Å². The van der Waals surface area contributed by atoms with Crippen LogP contribution in [0.1, 0.15) is 23.6 Å². The number of hydrogen-bond donors (Lipinski definition) is 0. The zero-order chi connectivity index (χ0) is 14.9. The first-order chi connectivity index (χ1) is 10.3. The minimum atomic E-state index is -0.320. The lowest BCUT2D eigenvalue weighted by Gasteiger charge is -2.01. The fraction of sp³-hybridized carbons (Fsp3) is 0.105. The second-order valence-corrected chi connectivity index (χ2v) is 4.46. The molecule has 2 aromatic rings. The third-order valence-corrected chi connectivity index (χ3v) is 2.94. The fourth-order valence-electron chi connectivity index (χ4n) is 1.91. The quantitative estimate of drug-likeness (QED) is 0.459. The average molecular weight is 278 g/mol. The van der Waals surface area contributed by atoms with Gasteiger partial charge in [-0.05, 0) is 29.7 Å². The van der Waals surface area contributed by atoms with Crippen LogP contribution in [-0.2, 0) is 9.53 Å². The van der Waals surface area contributed by atoms with Crippen LogP contribution < -0.4 is 0 Å². The minimum Gasteiger partial charge on any atom is -0.463 e. The highest BCUT2D eigenvalue weighted by Gasteiger charge is 1.97. The first kappa shape index (κ1) is 14.8. The van der Waals surface area contributed by atoms with Crippen molar-refractivity contribution in [3.63, 3.8) is 0 Å². The summed E-state index contributed by atoms with van der Waals surface area (Å²) in [4.78, 5) is 11.4. The fourth-order valence-corrected chi connectivity index (χ4v) is 1.91. The normalized spacial score (nSPS) is 11.1. The summed E-state index contributed by atoms with van der Waals surface area (Å²) in [6.45, 7) is 2.18. The van der Waals surface area contributed by atoms with E-state index in [9.17, 15) is 4.79 Å². The van der Waals surface area contributed by atoms with Gasteiger partial charge in [-0.3, -0.25) is 0 Å². The molecule has 0 unspecified atom stereocenters. The number of rotatable bonds is 5. The van der Waals surface area contributed by atoms with Gasteiger partial charge >= 0.3 is 5.97 Å². The van der Waals surface area contributed by atoms with Crippen LogP contribution in [-0.4, -0.2) is 12.6 Å². The van der Waals surface area contributed by atoms with Gasteiger partial charge < -0.3 is 4.74 Å². The molecule has 106 valence electrons. The van der Waals surface area contributed by atoms with Gasteiger partial charge in [-0.15, -0.1) is 0 Å². The van der Waals surface area contributed by atoms with E-state index < -0.39 is 0 Å². The van der Waals surface area contributed by atoms with Gasteiger partial charge in [-0.2, -0.15) is 0 Å². The van der Waals surface area contributed by atoms with Crippen LogP contribution in [0.2, 0.25) is 0 Å². The molecule has 0 N–H and O–H groups in total. The highest BCUT2D eigenvalue weighted by Crippen LogP contribution is 2.15. The summed E-state index contributed by atoms with van der Waals surface area (Å²) in [5, 5.41) is 0. The Morgan fingerprint density at radius 1 is 0.905 bits per heavy atom. The van der Waals surface area contributed by atoms with Gasteiger partial charge in [0.25, 0.3) is 0 Å². The Kier molecular flexibility index (Phi) is 5.53. The Balaban J connectivity index is 2.17. The summed E-state index contributed by atoms with van der Waals surface area (Å²) in [6.07, 6.45) is 7.33. The second kappa shape index (κ2) is 7.85. The van der Waals surface area contributed by atoms with Crippen molar-refractivity contribution in [3.05, 3.63) is 77.4 Å². The summed E-state index contributed by atoms with van der Waals surface area (Å²) < 4.78 is 4.89. The molecule has 2 aromatic carbocycles. The van der Waals surface area contributed by atoms with E-state index in [4.69, 9.17) is 4.74 Å². The molecule has 0 saturated carbocycles. The smallest absolute Gasteiger partial charge is 0.330 e. The van der Waals surface area contributed by atoms with Gasteiger partial charge in [-0.25, -0.2) is 4.79 Å². The highest BCUT2D eigenvalue weighted by atomic mass is 16.5. The van der Waals surface area contributed by atoms with Crippen LogP contribution in [0.3, 0.4) is 0 Å². The van der Waals surface area contributed by atoms with Gasteiger partial charge in [0.15, 0.2) is 0 Å². The Morgan fingerprint density at radius 3 is 2.19 bits per heavy atom. The third kappa shape index (κ3) is 4.77. The zero-order valence-electron chi connectivity index (χ0n) is 12.0. The summed E-state index contributed by atoms with van der Waals surface area (Å²) in [6, 6.07) is 18.0. The molecule has 0 aromatic heterocycles. The van der Waals surface area contributed by atoms with Gasteiger partial charge in [0.05, 0.1) is 6.61 Å². The molecule has 0 bridgehead atoms. The number of benzene rings is 2. The van der Waals surface area contributed by atoms with Gasteiger partial charge in [0, 0.05) is 6.08 Å². The number of ether oxygens (including phenoxy) is 1. The molecule has 0 spiro atoms. The van der Waals surface area contributed by atoms with E-state index in [0.717, 1.165) is 16.7 Å². The van der Waals surface area contributed by atoms with Crippen molar-refractivity contribution in [2.75, 3.05) is 6.61 Å². The van der Waals surface area contributed by atoms with E-state index in [1.165, 1.54) is 6.08 Å². The second-order valence-electron chi connectivity index (χ2n) is 4.46. The number of carbonyl (C=O) groups excluding carboxylic acids is 1. The summed E-state index contributed by atoms with van der Waals surface area (Å²) in [7, 11) is 0. The van der Waals surface area contributed by atoms with Gasteiger partial charge in [0.2, 0.25) is 0 Å². The SMILES string of the molecule is CCOC(=O)/C=C/c1ccccc1/C=C/c1ccccc1. The topological polar surface area (TPSA) is 26.3 Å².